The summed E-state index contributed by atoms with van der Waals surface area (Å²) < 4.78 is 11.6. The lowest BCUT2D eigenvalue weighted by Crippen LogP contribution is -2.22. The van der Waals surface area contributed by atoms with Gasteiger partial charge in [0, 0.05) is 11.8 Å². The number of fused-ring (bicyclic) bond motifs is 1. The summed E-state index contributed by atoms with van der Waals surface area (Å²) in [7, 11) is 0. The molecule has 9 heteroatoms. The normalized spacial score (nSPS) is 14.4. The number of nitrogens with one attached hydrogen (secondary N) is 1. The predicted octanol–water partition coefficient (Wildman–Crippen LogP) is 2.01. The molecule has 1 aliphatic heterocycles. The Balaban J connectivity index is 1.63. The van der Waals surface area contributed by atoms with Crippen LogP contribution in [0.1, 0.15) is 6.92 Å². The van der Waals surface area contributed by atoms with Gasteiger partial charge >= 0.3 is 0 Å². The van der Waals surface area contributed by atoms with Crippen LogP contribution in [0.15, 0.2) is 22.5 Å². The number of carbonyl (C=O) groups excluding carboxylic acids is 1. The first-order chi connectivity index (χ1) is 10.6. The van der Waals surface area contributed by atoms with Crippen molar-refractivity contribution in [2.24, 2.45) is 0 Å². The number of ether oxygens (including phenoxy) is 2. The van der Waals surface area contributed by atoms with Crippen LogP contribution in [0.5, 0.6) is 11.5 Å². The summed E-state index contributed by atoms with van der Waals surface area (Å²) in [5, 5.41) is 10.5. The van der Waals surface area contributed by atoms with Crippen molar-refractivity contribution in [3.05, 3.63) is 18.2 Å². The molecule has 1 aromatic carbocycles. The second kappa shape index (κ2) is 6.41. The van der Waals surface area contributed by atoms with E-state index in [2.05, 4.69) is 15.5 Å². The molecule has 3 N–H and O–H groups in total. The molecule has 2 aromatic rings. The second-order valence-electron chi connectivity index (χ2n) is 4.51. The molecule has 0 radical (unpaired) electrons. The molecule has 1 aromatic heterocycles. The molecule has 7 nitrogen and oxygen atoms in total. The fourth-order valence-corrected chi connectivity index (χ4v) is 3.62. The van der Waals surface area contributed by atoms with Crippen molar-refractivity contribution in [2.45, 2.75) is 16.5 Å². The van der Waals surface area contributed by atoms with Crippen LogP contribution in [0.2, 0.25) is 0 Å². The zero-order chi connectivity index (χ0) is 15.5. The zero-order valence-electron chi connectivity index (χ0n) is 11.7. The number of benzene rings is 1. The largest absolute Gasteiger partial charge is 0.486 e. The fourth-order valence-electron chi connectivity index (χ4n) is 1.84. The van der Waals surface area contributed by atoms with Gasteiger partial charge in [-0.25, -0.2) is 0 Å². The van der Waals surface area contributed by atoms with Crippen molar-refractivity contribution in [3.8, 4) is 11.5 Å². The first-order valence-electron chi connectivity index (χ1n) is 6.58. The van der Waals surface area contributed by atoms with E-state index in [4.69, 9.17) is 15.2 Å². The molecule has 2 heterocycles. The highest BCUT2D eigenvalue weighted by Gasteiger charge is 2.18. The van der Waals surface area contributed by atoms with Crippen LogP contribution in [0.3, 0.4) is 0 Å². The van der Waals surface area contributed by atoms with Gasteiger partial charge in [0.2, 0.25) is 11.0 Å². The zero-order valence-corrected chi connectivity index (χ0v) is 13.4. The molecule has 3 rings (SSSR count). The minimum atomic E-state index is -0.319. The third-order valence-corrected chi connectivity index (χ3v) is 4.82. The Bertz CT molecular complexity index is 692. The highest BCUT2D eigenvalue weighted by Crippen LogP contribution is 2.33. The summed E-state index contributed by atoms with van der Waals surface area (Å²) in [5.74, 6) is 1.20. The molecular weight excluding hydrogens is 324 g/mol. The van der Waals surface area contributed by atoms with Gasteiger partial charge < -0.3 is 20.5 Å². The van der Waals surface area contributed by atoms with Gasteiger partial charge in [0.05, 0.1) is 5.25 Å². The van der Waals surface area contributed by atoms with Crippen molar-refractivity contribution in [3.63, 3.8) is 0 Å². The Morgan fingerprint density at radius 2 is 2.14 bits per heavy atom. The molecule has 1 aliphatic rings. The molecule has 0 saturated heterocycles. The molecule has 0 fully saturated rings. The number of nitrogens with zero attached hydrogens (tertiary/aromatic N) is 2. The van der Waals surface area contributed by atoms with Crippen molar-refractivity contribution in [2.75, 3.05) is 24.3 Å². The lowest BCUT2D eigenvalue weighted by Gasteiger charge is -2.19. The molecule has 0 unspecified atom stereocenters. The Labute approximate surface area is 135 Å². The van der Waals surface area contributed by atoms with E-state index in [0.717, 1.165) is 0 Å². The van der Waals surface area contributed by atoms with Gasteiger partial charge in [-0.15, -0.1) is 10.2 Å². The van der Waals surface area contributed by atoms with Gasteiger partial charge in [-0.05, 0) is 19.1 Å². The first-order valence-corrected chi connectivity index (χ1v) is 8.27. The third-order valence-electron chi connectivity index (χ3n) is 2.88. The number of hydrogen-bond donors (Lipinski definition) is 2. The van der Waals surface area contributed by atoms with E-state index in [1.807, 2.05) is 0 Å². The van der Waals surface area contributed by atoms with Gasteiger partial charge in [0.25, 0.3) is 0 Å². The molecule has 116 valence electrons. The Hall–Kier alpha value is -2.00. The Kier molecular flexibility index (Phi) is 4.34. The van der Waals surface area contributed by atoms with Gasteiger partial charge in [0.15, 0.2) is 15.8 Å². The molecule has 1 amide bonds. The molecule has 1 atom stereocenters. The van der Waals surface area contributed by atoms with E-state index in [0.29, 0.717) is 39.9 Å². The van der Waals surface area contributed by atoms with Crippen LogP contribution >= 0.6 is 23.1 Å². The van der Waals surface area contributed by atoms with Crippen molar-refractivity contribution in [1.82, 2.24) is 10.2 Å². The highest BCUT2D eigenvalue weighted by molar-refractivity contribution is 8.02. The number of aromatic nitrogens is 2. The summed E-state index contributed by atoms with van der Waals surface area (Å²) in [5.41, 5.74) is 6.19. The molecule has 0 bridgehead atoms. The predicted molar refractivity (Wildman–Crippen MR) is 85.7 cm³/mol. The number of nitrogen functional groups attached to an aromatic ring is 1. The quantitative estimate of drug-likeness (QED) is 0.823. The van der Waals surface area contributed by atoms with Gasteiger partial charge in [-0.2, -0.15) is 0 Å². The minimum absolute atomic E-state index is 0.129. The number of carbonyl (C=O) groups is 1. The van der Waals surface area contributed by atoms with Crippen molar-refractivity contribution in [1.29, 1.82) is 0 Å². The smallest absolute Gasteiger partial charge is 0.237 e. The number of rotatable bonds is 4. The van der Waals surface area contributed by atoms with Crippen LogP contribution in [0, 0.1) is 0 Å². The lowest BCUT2D eigenvalue weighted by atomic mass is 10.2. The standard InChI is InChI=1S/C13H14N4O3S2/c1-7(21-13-17-16-12(14)22-13)11(18)15-8-2-3-9-10(6-8)20-5-4-19-9/h2-3,6-7H,4-5H2,1H3,(H2,14,16)(H,15,18)/t7-/m1/s1. The van der Waals surface area contributed by atoms with Crippen LogP contribution in [0.4, 0.5) is 10.8 Å². The van der Waals surface area contributed by atoms with E-state index in [9.17, 15) is 4.79 Å². The maximum atomic E-state index is 12.2. The SMILES string of the molecule is C[C@@H](Sc1nnc(N)s1)C(=O)Nc1ccc2c(c1)OCCO2. The Morgan fingerprint density at radius 3 is 2.86 bits per heavy atom. The second-order valence-corrected chi connectivity index (χ2v) is 7.11. The Morgan fingerprint density at radius 1 is 1.36 bits per heavy atom. The average molecular weight is 338 g/mol. The molecule has 0 saturated carbocycles. The van der Waals surface area contributed by atoms with Gasteiger partial charge in [-0.1, -0.05) is 23.1 Å². The summed E-state index contributed by atoms with van der Waals surface area (Å²) >= 11 is 2.58. The van der Waals surface area contributed by atoms with Crippen molar-refractivity contribution >= 4 is 39.8 Å². The van der Waals surface area contributed by atoms with Crippen LogP contribution in [-0.2, 0) is 4.79 Å². The number of thioether (sulfide) groups is 1. The number of amides is 1. The lowest BCUT2D eigenvalue weighted by molar-refractivity contribution is -0.115. The highest BCUT2D eigenvalue weighted by atomic mass is 32.2. The summed E-state index contributed by atoms with van der Waals surface area (Å²) in [6, 6.07) is 5.33. The minimum Gasteiger partial charge on any atom is -0.486 e. The number of anilines is 2. The van der Waals surface area contributed by atoms with E-state index >= 15 is 0 Å². The summed E-state index contributed by atoms with van der Waals surface area (Å²) in [4.78, 5) is 12.2. The molecule has 0 spiro atoms. The van der Waals surface area contributed by atoms with Gasteiger partial charge in [-0.3, -0.25) is 4.79 Å². The molecular formula is C13H14N4O3S2. The maximum Gasteiger partial charge on any atom is 0.237 e. The van der Waals surface area contributed by atoms with Crippen LogP contribution < -0.4 is 20.5 Å². The first kappa shape index (κ1) is 14.9. The summed E-state index contributed by atoms with van der Waals surface area (Å²) in [6.07, 6.45) is 0. The van der Waals surface area contributed by atoms with E-state index in [1.54, 1.807) is 25.1 Å². The van der Waals surface area contributed by atoms with Crippen LogP contribution in [-0.4, -0.2) is 34.6 Å². The fraction of sp³-hybridized carbons (Fsp3) is 0.308. The van der Waals surface area contributed by atoms with Gasteiger partial charge in [0.1, 0.15) is 13.2 Å². The third kappa shape index (κ3) is 3.42. The van der Waals surface area contributed by atoms with E-state index in [1.165, 1.54) is 23.1 Å². The monoisotopic (exact) mass is 338 g/mol. The summed E-state index contributed by atoms with van der Waals surface area (Å²) in [6.45, 7) is 2.85. The van der Waals surface area contributed by atoms with Crippen molar-refractivity contribution < 1.29 is 14.3 Å². The van der Waals surface area contributed by atoms with Crippen LogP contribution in [0.25, 0.3) is 0 Å². The molecule has 0 aliphatic carbocycles. The van der Waals surface area contributed by atoms with E-state index < -0.39 is 0 Å². The average Bonchev–Trinajstić information content (AvgIpc) is 2.92. The van der Waals surface area contributed by atoms with E-state index in [-0.39, 0.29) is 11.2 Å². The molecule has 22 heavy (non-hydrogen) atoms. The topological polar surface area (TPSA) is 99.4 Å². The number of nitrogens with two attached hydrogens (primary N) is 1. The maximum absolute atomic E-state index is 12.2. The number of hydrogen-bond acceptors (Lipinski definition) is 8.